The fourth-order valence-corrected chi connectivity index (χ4v) is 3.21. The van der Waals surface area contributed by atoms with Crippen LogP contribution in [0.3, 0.4) is 0 Å². The first-order chi connectivity index (χ1) is 14.7. The second kappa shape index (κ2) is 18.7. The van der Waals surface area contributed by atoms with Crippen LogP contribution >= 0.6 is 0 Å². The lowest BCUT2D eigenvalue weighted by Gasteiger charge is -2.08. The summed E-state index contributed by atoms with van der Waals surface area (Å²) >= 11 is 0. The Balaban J connectivity index is 1.79. The monoisotopic (exact) mass is 448 g/mol. The van der Waals surface area contributed by atoms with Gasteiger partial charge in [0.1, 0.15) is 0 Å². The summed E-state index contributed by atoms with van der Waals surface area (Å²) in [5.74, 6) is 0. The van der Waals surface area contributed by atoms with Gasteiger partial charge in [0.15, 0.2) is 0 Å². The van der Waals surface area contributed by atoms with Crippen LogP contribution in [0.5, 0.6) is 0 Å². The summed E-state index contributed by atoms with van der Waals surface area (Å²) in [4.78, 5) is 0.134. The summed E-state index contributed by atoms with van der Waals surface area (Å²) in [5, 5.41) is 0. The van der Waals surface area contributed by atoms with E-state index >= 15 is 0 Å². The van der Waals surface area contributed by atoms with Gasteiger partial charge in [0.25, 0.3) is 10.1 Å². The first-order valence-electron chi connectivity index (χ1n) is 10.5. The summed E-state index contributed by atoms with van der Waals surface area (Å²) in [6.45, 7) is 7.06. The molecule has 0 N–H and O–H groups in total. The number of rotatable bonds is 21. The fraction of sp³-hybridized carbons (Fsp3) is 0.714. The largest absolute Gasteiger partial charge is 0.379 e. The van der Waals surface area contributed by atoms with Crippen molar-refractivity contribution < 1.29 is 36.3 Å². The van der Waals surface area contributed by atoms with Crippen molar-refractivity contribution in [1.29, 1.82) is 0 Å². The van der Waals surface area contributed by atoms with Crippen LogP contribution in [0, 0.1) is 0 Å². The van der Waals surface area contributed by atoms with E-state index in [1.54, 1.807) is 18.2 Å². The second-order valence-corrected chi connectivity index (χ2v) is 7.97. The predicted octanol–water partition coefficient (Wildman–Crippen LogP) is 2.67. The average Bonchev–Trinajstić information content (AvgIpc) is 2.76. The molecule has 9 heteroatoms. The van der Waals surface area contributed by atoms with E-state index in [4.69, 9.17) is 27.9 Å². The van der Waals surface area contributed by atoms with Crippen LogP contribution in [0.1, 0.15) is 26.2 Å². The van der Waals surface area contributed by atoms with E-state index in [-0.39, 0.29) is 18.1 Å². The molecule has 1 rings (SSSR count). The molecule has 0 amide bonds. The fourth-order valence-electron chi connectivity index (χ4n) is 2.29. The summed E-state index contributed by atoms with van der Waals surface area (Å²) in [7, 11) is -3.73. The van der Waals surface area contributed by atoms with Crippen molar-refractivity contribution in [3.63, 3.8) is 0 Å². The smallest absolute Gasteiger partial charge is 0.297 e. The van der Waals surface area contributed by atoms with E-state index in [0.29, 0.717) is 52.9 Å². The highest BCUT2D eigenvalue weighted by molar-refractivity contribution is 7.86. The molecule has 0 heterocycles. The predicted molar refractivity (Wildman–Crippen MR) is 113 cm³/mol. The molecule has 0 saturated carbocycles. The van der Waals surface area contributed by atoms with Crippen molar-refractivity contribution in [3.8, 4) is 0 Å². The molecular formula is C21H36O8S. The van der Waals surface area contributed by atoms with Crippen LogP contribution in [0.4, 0.5) is 0 Å². The summed E-state index contributed by atoms with van der Waals surface area (Å²) in [5.41, 5.74) is 0. The Morgan fingerprint density at radius 3 is 1.50 bits per heavy atom. The molecule has 0 radical (unpaired) electrons. The summed E-state index contributed by atoms with van der Waals surface area (Å²) in [6.07, 6.45) is 3.51. The van der Waals surface area contributed by atoms with E-state index in [1.807, 2.05) is 0 Å². The number of unbranched alkanes of at least 4 members (excludes halogenated alkanes) is 2. The zero-order valence-corrected chi connectivity index (χ0v) is 18.8. The molecule has 0 unspecified atom stereocenters. The molecule has 1 aromatic rings. The minimum atomic E-state index is -3.73. The zero-order chi connectivity index (χ0) is 21.8. The highest BCUT2D eigenvalue weighted by Gasteiger charge is 2.13. The third-order valence-corrected chi connectivity index (χ3v) is 5.20. The third kappa shape index (κ3) is 14.8. The minimum Gasteiger partial charge on any atom is -0.379 e. The SMILES string of the molecule is CCCCCOCCOCCOCCOCCOCCOS(=O)(=O)c1ccccc1. The second-order valence-electron chi connectivity index (χ2n) is 6.36. The normalized spacial score (nSPS) is 11.8. The Morgan fingerprint density at radius 2 is 1.03 bits per heavy atom. The molecule has 8 nitrogen and oxygen atoms in total. The maximum atomic E-state index is 11.9. The van der Waals surface area contributed by atoms with Crippen molar-refractivity contribution in [2.24, 2.45) is 0 Å². The van der Waals surface area contributed by atoms with Gasteiger partial charge in [-0.15, -0.1) is 0 Å². The number of ether oxygens (including phenoxy) is 5. The van der Waals surface area contributed by atoms with Crippen LogP contribution in [0.15, 0.2) is 35.2 Å². The van der Waals surface area contributed by atoms with Gasteiger partial charge in [-0.3, -0.25) is 4.18 Å². The van der Waals surface area contributed by atoms with Crippen LogP contribution in [0.2, 0.25) is 0 Å². The van der Waals surface area contributed by atoms with Gasteiger partial charge in [0.2, 0.25) is 0 Å². The van der Waals surface area contributed by atoms with Crippen LogP contribution in [0.25, 0.3) is 0 Å². The van der Waals surface area contributed by atoms with Gasteiger partial charge in [-0.25, -0.2) is 0 Å². The number of hydrogen-bond acceptors (Lipinski definition) is 8. The van der Waals surface area contributed by atoms with Crippen molar-refractivity contribution in [2.75, 3.05) is 72.7 Å². The van der Waals surface area contributed by atoms with Crippen LogP contribution < -0.4 is 0 Å². The maximum Gasteiger partial charge on any atom is 0.297 e. The quantitative estimate of drug-likeness (QED) is 0.209. The van der Waals surface area contributed by atoms with E-state index in [0.717, 1.165) is 13.0 Å². The zero-order valence-electron chi connectivity index (χ0n) is 18.0. The molecule has 0 aliphatic heterocycles. The van der Waals surface area contributed by atoms with Gasteiger partial charge in [-0.05, 0) is 18.6 Å². The van der Waals surface area contributed by atoms with Gasteiger partial charge in [-0.1, -0.05) is 38.0 Å². The van der Waals surface area contributed by atoms with Crippen molar-refractivity contribution in [1.82, 2.24) is 0 Å². The summed E-state index contributed by atoms with van der Waals surface area (Å²) in [6, 6.07) is 8.01. The van der Waals surface area contributed by atoms with Crippen LogP contribution in [-0.4, -0.2) is 81.1 Å². The molecule has 0 aliphatic carbocycles. The molecule has 30 heavy (non-hydrogen) atoms. The average molecular weight is 449 g/mol. The Kier molecular flexibility index (Phi) is 16.8. The van der Waals surface area contributed by atoms with Gasteiger partial charge < -0.3 is 23.7 Å². The molecule has 0 bridgehead atoms. The van der Waals surface area contributed by atoms with Gasteiger partial charge in [0, 0.05) is 6.61 Å². The minimum absolute atomic E-state index is 0.0376. The number of benzene rings is 1. The Morgan fingerprint density at radius 1 is 0.600 bits per heavy atom. The molecule has 0 aliphatic rings. The summed E-state index contributed by atoms with van der Waals surface area (Å²) < 4.78 is 55.6. The maximum absolute atomic E-state index is 11.9. The van der Waals surface area contributed by atoms with Gasteiger partial charge >= 0.3 is 0 Å². The first-order valence-corrected chi connectivity index (χ1v) is 11.9. The lowest BCUT2D eigenvalue weighted by molar-refractivity contribution is -0.0127. The molecule has 174 valence electrons. The topological polar surface area (TPSA) is 89.5 Å². The number of hydrogen-bond donors (Lipinski definition) is 0. The van der Waals surface area contributed by atoms with E-state index in [9.17, 15) is 8.42 Å². The molecule has 0 aromatic heterocycles. The van der Waals surface area contributed by atoms with Crippen LogP contribution in [-0.2, 0) is 38.0 Å². The third-order valence-electron chi connectivity index (χ3n) is 3.88. The van der Waals surface area contributed by atoms with Crippen molar-refractivity contribution in [3.05, 3.63) is 30.3 Å². The standard InChI is InChI=1S/C21H36O8S/c1-2-3-7-10-24-11-12-25-13-14-26-15-16-27-17-18-28-19-20-29-30(22,23)21-8-5-4-6-9-21/h4-6,8-9H,2-3,7,10-20H2,1H3. The van der Waals surface area contributed by atoms with Gasteiger partial charge in [-0.2, -0.15) is 8.42 Å². The van der Waals surface area contributed by atoms with Crippen molar-refractivity contribution in [2.45, 2.75) is 31.1 Å². The molecule has 0 saturated heterocycles. The lowest BCUT2D eigenvalue weighted by atomic mass is 10.3. The molecule has 0 fully saturated rings. The molecule has 1 aromatic carbocycles. The Hall–Kier alpha value is -1.07. The Bertz CT molecular complexity index is 594. The van der Waals surface area contributed by atoms with E-state index in [1.165, 1.54) is 25.0 Å². The lowest BCUT2D eigenvalue weighted by Crippen LogP contribution is -2.15. The molecule has 0 spiro atoms. The Labute approximate surface area is 180 Å². The van der Waals surface area contributed by atoms with E-state index < -0.39 is 10.1 Å². The molecule has 0 atom stereocenters. The molecular weight excluding hydrogens is 412 g/mol. The van der Waals surface area contributed by atoms with E-state index in [2.05, 4.69) is 6.92 Å². The van der Waals surface area contributed by atoms with Gasteiger partial charge in [0.05, 0.1) is 71.0 Å². The highest BCUT2D eigenvalue weighted by Crippen LogP contribution is 2.10. The first kappa shape index (κ1) is 27.0. The highest BCUT2D eigenvalue weighted by atomic mass is 32.2. The van der Waals surface area contributed by atoms with Crippen molar-refractivity contribution >= 4 is 10.1 Å².